The molecule has 126 valence electrons. The predicted molar refractivity (Wildman–Crippen MR) is 99.2 cm³/mol. The van der Waals surface area contributed by atoms with Crippen LogP contribution in [-0.4, -0.2) is 29.2 Å². The third kappa shape index (κ3) is 2.70. The highest BCUT2D eigenvalue weighted by Crippen LogP contribution is 2.36. The van der Waals surface area contributed by atoms with Gasteiger partial charge < -0.3 is 19.8 Å². The smallest absolute Gasteiger partial charge is 0.162 e. The van der Waals surface area contributed by atoms with Crippen LogP contribution < -0.4 is 14.8 Å². The van der Waals surface area contributed by atoms with Gasteiger partial charge in [-0.3, -0.25) is 0 Å². The molecular formula is C18H15ClN4O2. The molecule has 0 aliphatic rings. The van der Waals surface area contributed by atoms with Gasteiger partial charge in [-0.05, 0) is 24.3 Å². The number of rotatable bonds is 4. The van der Waals surface area contributed by atoms with Gasteiger partial charge in [0.2, 0.25) is 0 Å². The van der Waals surface area contributed by atoms with E-state index in [1.54, 1.807) is 14.2 Å². The molecule has 2 aromatic heterocycles. The number of fused-ring (bicyclic) bond motifs is 3. The summed E-state index contributed by atoms with van der Waals surface area (Å²) in [5.41, 5.74) is 3.34. The minimum Gasteiger partial charge on any atom is -0.493 e. The molecule has 4 rings (SSSR count). The minimum absolute atomic E-state index is 0.652. The number of nitrogens with zero attached hydrogens (tertiary/aromatic N) is 2. The zero-order valence-electron chi connectivity index (χ0n) is 13.6. The molecular weight excluding hydrogens is 340 g/mol. The Morgan fingerprint density at radius 3 is 2.60 bits per heavy atom. The lowest BCUT2D eigenvalue weighted by atomic mass is 10.2. The van der Waals surface area contributed by atoms with Crippen molar-refractivity contribution in [1.29, 1.82) is 0 Å². The summed E-state index contributed by atoms with van der Waals surface area (Å²) in [6, 6.07) is 11.3. The van der Waals surface area contributed by atoms with Crippen LogP contribution in [0.2, 0.25) is 5.02 Å². The highest BCUT2D eigenvalue weighted by atomic mass is 35.5. The molecule has 0 unspecified atom stereocenters. The molecule has 0 fully saturated rings. The normalized spacial score (nSPS) is 11.0. The molecule has 0 spiro atoms. The fourth-order valence-corrected chi connectivity index (χ4v) is 3.01. The van der Waals surface area contributed by atoms with Gasteiger partial charge in [0, 0.05) is 22.2 Å². The van der Waals surface area contributed by atoms with E-state index in [0.29, 0.717) is 22.3 Å². The first-order valence-corrected chi connectivity index (χ1v) is 7.98. The van der Waals surface area contributed by atoms with E-state index in [1.165, 1.54) is 6.33 Å². The molecule has 2 heterocycles. The fourth-order valence-electron chi connectivity index (χ4n) is 2.82. The Morgan fingerprint density at radius 1 is 1.04 bits per heavy atom. The summed E-state index contributed by atoms with van der Waals surface area (Å²) >= 11 is 6.05. The van der Waals surface area contributed by atoms with Gasteiger partial charge >= 0.3 is 0 Å². The van der Waals surface area contributed by atoms with Crippen LogP contribution in [0.1, 0.15) is 0 Å². The number of halogens is 1. The number of anilines is 2. The number of aromatic amines is 1. The molecule has 0 saturated carbocycles. The number of benzene rings is 2. The van der Waals surface area contributed by atoms with Gasteiger partial charge in [-0.2, -0.15) is 0 Å². The molecule has 2 N–H and O–H groups in total. The van der Waals surface area contributed by atoms with Crippen molar-refractivity contribution < 1.29 is 9.47 Å². The highest BCUT2D eigenvalue weighted by molar-refractivity contribution is 6.30. The van der Waals surface area contributed by atoms with Crippen LogP contribution in [0.25, 0.3) is 21.9 Å². The van der Waals surface area contributed by atoms with Gasteiger partial charge in [-0.1, -0.05) is 17.7 Å². The maximum Gasteiger partial charge on any atom is 0.162 e. The van der Waals surface area contributed by atoms with Crippen LogP contribution in [0.4, 0.5) is 11.5 Å². The summed E-state index contributed by atoms with van der Waals surface area (Å²) < 4.78 is 10.8. The van der Waals surface area contributed by atoms with E-state index in [9.17, 15) is 0 Å². The van der Waals surface area contributed by atoms with Crippen molar-refractivity contribution in [1.82, 2.24) is 15.0 Å². The van der Waals surface area contributed by atoms with Crippen molar-refractivity contribution in [2.45, 2.75) is 0 Å². The molecule has 0 saturated heterocycles. The van der Waals surface area contributed by atoms with Crippen molar-refractivity contribution >= 4 is 45.0 Å². The van der Waals surface area contributed by atoms with Crippen LogP contribution in [0, 0.1) is 0 Å². The van der Waals surface area contributed by atoms with Gasteiger partial charge in [0.15, 0.2) is 17.3 Å². The van der Waals surface area contributed by atoms with Crippen molar-refractivity contribution in [3.05, 3.63) is 47.7 Å². The molecule has 0 amide bonds. The number of hydrogen-bond donors (Lipinski definition) is 2. The summed E-state index contributed by atoms with van der Waals surface area (Å²) in [4.78, 5) is 12.1. The molecule has 25 heavy (non-hydrogen) atoms. The van der Waals surface area contributed by atoms with Crippen LogP contribution in [0.15, 0.2) is 42.7 Å². The maximum atomic E-state index is 6.05. The van der Waals surface area contributed by atoms with E-state index >= 15 is 0 Å². The van der Waals surface area contributed by atoms with E-state index in [2.05, 4.69) is 20.3 Å². The number of hydrogen-bond acceptors (Lipinski definition) is 5. The Balaban J connectivity index is 1.89. The first kappa shape index (κ1) is 15.5. The van der Waals surface area contributed by atoms with E-state index in [-0.39, 0.29) is 0 Å². The van der Waals surface area contributed by atoms with Crippen LogP contribution in [0.3, 0.4) is 0 Å². The largest absolute Gasteiger partial charge is 0.493 e. The SMILES string of the molecule is COc1cc2[nH]c3c(Nc4cccc(Cl)c4)ncnc3c2cc1OC. The third-order valence-corrected chi connectivity index (χ3v) is 4.21. The van der Waals surface area contributed by atoms with Crippen molar-refractivity contribution in [2.75, 3.05) is 19.5 Å². The molecule has 4 aromatic rings. The Bertz CT molecular complexity index is 1080. The number of ether oxygens (including phenoxy) is 2. The quantitative estimate of drug-likeness (QED) is 0.563. The number of aromatic nitrogens is 3. The lowest BCUT2D eigenvalue weighted by molar-refractivity contribution is 0.356. The molecule has 0 atom stereocenters. The number of H-pyrrole nitrogens is 1. The Hall–Kier alpha value is -2.99. The second-order valence-electron chi connectivity index (χ2n) is 5.46. The fraction of sp³-hybridized carbons (Fsp3) is 0.111. The second kappa shape index (κ2) is 6.14. The average molecular weight is 355 g/mol. The Labute approximate surface area is 148 Å². The molecule has 0 radical (unpaired) electrons. The summed E-state index contributed by atoms with van der Waals surface area (Å²) in [7, 11) is 3.22. The van der Waals surface area contributed by atoms with Gasteiger partial charge in [-0.25, -0.2) is 9.97 Å². The van der Waals surface area contributed by atoms with Gasteiger partial charge in [0.05, 0.1) is 19.7 Å². The molecule has 0 aliphatic heterocycles. The van der Waals surface area contributed by atoms with Gasteiger partial charge in [-0.15, -0.1) is 0 Å². The highest BCUT2D eigenvalue weighted by Gasteiger charge is 2.14. The molecule has 7 heteroatoms. The summed E-state index contributed by atoms with van der Waals surface area (Å²) in [6.07, 6.45) is 1.53. The average Bonchev–Trinajstić information content (AvgIpc) is 2.99. The first-order valence-electron chi connectivity index (χ1n) is 7.60. The van der Waals surface area contributed by atoms with Crippen LogP contribution in [0.5, 0.6) is 11.5 Å². The van der Waals surface area contributed by atoms with Crippen molar-refractivity contribution in [2.24, 2.45) is 0 Å². The summed E-state index contributed by atoms with van der Waals surface area (Å²) in [5.74, 6) is 1.97. The summed E-state index contributed by atoms with van der Waals surface area (Å²) in [6.45, 7) is 0. The summed E-state index contributed by atoms with van der Waals surface area (Å²) in [5, 5.41) is 4.87. The van der Waals surface area contributed by atoms with Crippen molar-refractivity contribution in [3.63, 3.8) is 0 Å². The van der Waals surface area contributed by atoms with Crippen molar-refractivity contribution in [3.8, 4) is 11.5 Å². The number of nitrogens with one attached hydrogen (secondary N) is 2. The zero-order valence-corrected chi connectivity index (χ0v) is 14.4. The van der Waals surface area contributed by atoms with Gasteiger partial charge in [0.25, 0.3) is 0 Å². The minimum atomic E-state index is 0.652. The third-order valence-electron chi connectivity index (χ3n) is 3.97. The lowest BCUT2D eigenvalue weighted by Gasteiger charge is -2.07. The van der Waals surface area contributed by atoms with E-state index in [1.807, 2.05) is 36.4 Å². The topological polar surface area (TPSA) is 72.1 Å². The first-order chi connectivity index (χ1) is 12.2. The molecule has 6 nitrogen and oxygen atoms in total. The second-order valence-corrected chi connectivity index (χ2v) is 5.90. The monoisotopic (exact) mass is 354 g/mol. The lowest BCUT2D eigenvalue weighted by Crippen LogP contribution is -1.95. The van der Waals surface area contributed by atoms with E-state index in [0.717, 1.165) is 27.6 Å². The Morgan fingerprint density at radius 2 is 1.84 bits per heavy atom. The van der Waals surface area contributed by atoms with Crippen LogP contribution in [-0.2, 0) is 0 Å². The van der Waals surface area contributed by atoms with Crippen LogP contribution >= 0.6 is 11.6 Å². The van der Waals surface area contributed by atoms with Gasteiger partial charge in [0.1, 0.15) is 17.4 Å². The van der Waals surface area contributed by atoms with E-state index < -0.39 is 0 Å². The molecule has 2 aromatic carbocycles. The maximum absolute atomic E-state index is 6.05. The van der Waals surface area contributed by atoms with E-state index in [4.69, 9.17) is 21.1 Å². The zero-order chi connectivity index (χ0) is 17.4. The Kier molecular flexibility index (Phi) is 3.82. The predicted octanol–water partition coefficient (Wildman–Crippen LogP) is 4.53. The number of methoxy groups -OCH3 is 2. The molecule has 0 aliphatic carbocycles. The molecule has 0 bridgehead atoms. The standard InChI is InChI=1S/C18H15ClN4O2/c1-24-14-7-12-13(8-15(14)25-2)23-17-16(12)20-9-21-18(17)22-11-5-3-4-10(19)6-11/h3-9,23H,1-2H3,(H,20,21,22).